The van der Waals surface area contributed by atoms with Crippen molar-refractivity contribution in [3.05, 3.63) is 16.7 Å². The van der Waals surface area contributed by atoms with Gasteiger partial charge in [0.25, 0.3) is 0 Å². The molecule has 0 saturated carbocycles. The number of allylic oxidation sites excluding steroid dienone is 1. The van der Waals surface area contributed by atoms with Crippen molar-refractivity contribution in [2.45, 2.75) is 40.0 Å². The molecule has 138 valence electrons. The highest BCUT2D eigenvalue weighted by atomic mass is 32.1. The number of rotatable bonds is 4. The van der Waals surface area contributed by atoms with E-state index in [1.165, 1.54) is 19.3 Å². The van der Waals surface area contributed by atoms with Crippen LogP contribution in [-0.2, 0) is 0 Å². The minimum absolute atomic E-state index is 0.00105. The summed E-state index contributed by atoms with van der Waals surface area (Å²) in [5.41, 5.74) is 5.36. The van der Waals surface area contributed by atoms with E-state index in [0.717, 1.165) is 37.9 Å². The van der Waals surface area contributed by atoms with Gasteiger partial charge in [-0.2, -0.15) is 0 Å². The van der Waals surface area contributed by atoms with E-state index in [4.69, 9.17) is 0 Å². The maximum absolute atomic E-state index is 10.2. The van der Waals surface area contributed by atoms with Crippen LogP contribution in [0.3, 0.4) is 0 Å². The fourth-order valence-electron chi connectivity index (χ4n) is 5.33. The van der Waals surface area contributed by atoms with Crippen LogP contribution in [0.15, 0.2) is 16.7 Å². The molecule has 1 aromatic rings. The van der Waals surface area contributed by atoms with Gasteiger partial charge in [-0.25, -0.2) is 0 Å². The van der Waals surface area contributed by atoms with Crippen molar-refractivity contribution in [2.75, 3.05) is 44.2 Å². The molecule has 0 bridgehead atoms. The van der Waals surface area contributed by atoms with Crippen molar-refractivity contribution in [1.82, 2.24) is 15.1 Å². The number of aromatic nitrogens is 2. The minimum atomic E-state index is -0.00105. The van der Waals surface area contributed by atoms with E-state index in [1.54, 1.807) is 28.0 Å². The number of likely N-dealkylation sites (tertiary alicyclic amines) is 1. The largest absolute Gasteiger partial charge is 0.396 e. The van der Waals surface area contributed by atoms with Crippen molar-refractivity contribution in [2.24, 2.45) is 16.7 Å². The standard InChI is InChI=1S/C19H30N4OS/c1-14-5-4-6-18(2,3)16(14)9-22-7-15-8-23(17-21-20-13-25-17)11-19(15,10-22)12-24/h13,15,24H,4-12H2,1-3H3. The summed E-state index contributed by atoms with van der Waals surface area (Å²) in [6.45, 7) is 12.5. The minimum Gasteiger partial charge on any atom is -0.396 e. The molecule has 0 amide bonds. The molecule has 0 spiro atoms. The van der Waals surface area contributed by atoms with Gasteiger partial charge in [0.2, 0.25) is 5.13 Å². The Morgan fingerprint density at radius 1 is 1.32 bits per heavy atom. The molecule has 2 aliphatic heterocycles. The van der Waals surface area contributed by atoms with Gasteiger partial charge in [0.15, 0.2) is 0 Å². The van der Waals surface area contributed by atoms with Crippen LogP contribution in [0.5, 0.6) is 0 Å². The molecule has 4 rings (SSSR count). The van der Waals surface area contributed by atoms with Gasteiger partial charge in [-0.15, -0.1) is 10.2 Å². The van der Waals surface area contributed by atoms with E-state index in [-0.39, 0.29) is 12.0 Å². The molecule has 1 N–H and O–H groups in total. The monoisotopic (exact) mass is 362 g/mol. The molecule has 3 heterocycles. The summed E-state index contributed by atoms with van der Waals surface area (Å²) in [5.74, 6) is 0.522. The summed E-state index contributed by atoms with van der Waals surface area (Å²) in [6.07, 6.45) is 3.88. The molecule has 3 aliphatic rings. The molecule has 25 heavy (non-hydrogen) atoms. The molecule has 0 radical (unpaired) electrons. The fourth-order valence-corrected chi connectivity index (χ4v) is 5.90. The average molecular weight is 363 g/mol. The topological polar surface area (TPSA) is 52.5 Å². The fraction of sp³-hybridized carbons (Fsp3) is 0.789. The van der Waals surface area contributed by atoms with E-state index in [1.807, 2.05) is 0 Å². The zero-order valence-corrected chi connectivity index (χ0v) is 16.5. The predicted octanol–water partition coefficient (Wildman–Crippen LogP) is 2.80. The van der Waals surface area contributed by atoms with Crippen molar-refractivity contribution in [1.29, 1.82) is 0 Å². The number of hydrogen-bond acceptors (Lipinski definition) is 6. The maximum Gasteiger partial charge on any atom is 0.208 e. The third-order valence-corrected chi connectivity index (χ3v) is 7.58. The molecule has 2 atom stereocenters. The quantitative estimate of drug-likeness (QED) is 0.835. The Hall–Kier alpha value is -0.980. The van der Waals surface area contributed by atoms with Crippen LogP contribution < -0.4 is 4.90 Å². The summed E-state index contributed by atoms with van der Waals surface area (Å²) < 4.78 is 0. The van der Waals surface area contributed by atoms with Gasteiger partial charge >= 0.3 is 0 Å². The van der Waals surface area contributed by atoms with E-state index in [2.05, 4.69) is 40.8 Å². The Morgan fingerprint density at radius 3 is 2.80 bits per heavy atom. The van der Waals surface area contributed by atoms with Gasteiger partial charge in [0.1, 0.15) is 5.51 Å². The van der Waals surface area contributed by atoms with Crippen LogP contribution in [-0.4, -0.2) is 59.5 Å². The average Bonchev–Trinajstić information content (AvgIpc) is 3.24. The molecule has 2 saturated heterocycles. The lowest BCUT2D eigenvalue weighted by Crippen LogP contribution is -2.39. The zero-order valence-electron chi connectivity index (χ0n) is 15.7. The van der Waals surface area contributed by atoms with Crippen LogP contribution in [0.4, 0.5) is 5.13 Å². The number of hydrogen-bond donors (Lipinski definition) is 1. The molecule has 1 aliphatic carbocycles. The first-order valence-corrected chi connectivity index (χ1v) is 10.3. The van der Waals surface area contributed by atoms with E-state index < -0.39 is 0 Å². The summed E-state index contributed by atoms with van der Waals surface area (Å²) in [6, 6.07) is 0. The second-order valence-electron chi connectivity index (χ2n) is 8.99. The first-order valence-electron chi connectivity index (χ1n) is 9.47. The molecule has 2 unspecified atom stereocenters. The second-order valence-corrected chi connectivity index (χ2v) is 9.80. The predicted molar refractivity (Wildman–Crippen MR) is 102 cm³/mol. The highest BCUT2D eigenvalue weighted by molar-refractivity contribution is 7.13. The van der Waals surface area contributed by atoms with Crippen molar-refractivity contribution < 1.29 is 5.11 Å². The third-order valence-electron chi connectivity index (χ3n) is 6.83. The molecule has 6 heteroatoms. The first kappa shape index (κ1) is 17.4. The van der Waals surface area contributed by atoms with Crippen molar-refractivity contribution in [3.63, 3.8) is 0 Å². The van der Waals surface area contributed by atoms with Crippen LogP contribution >= 0.6 is 11.3 Å². The summed E-state index contributed by atoms with van der Waals surface area (Å²) in [4.78, 5) is 4.93. The smallest absolute Gasteiger partial charge is 0.208 e. The summed E-state index contributed by atoms with van der Waals surface area (Å²) in [5, 5.41) is 19.4. The Kier molecular flexibility index (Phi) is 4.41. The highest BCUT2D eigenvalue weighted by Gasteiger charge is 2.53. The Morgan fingerprint density at radius 2 is 2.16 bits per heavy atom. The van der Waals surface area contributed by atoms with Crippen molar-refractivity contribution >= 4 is 16.5 Å². The lowest BCUT2D eigenvalue weighted by Gasteiger charge is -2.37. The molecular formula is C19H30N4OS. The Balaban J connectivity index is 1.48. The van der Waals surface area contributed by atoms with Gasteiger partial charge in [0, 0.05) is 38.1 Å². The van der Waals surface area contributed by atoms with E-state index in [9.17, 15) is 5.11 Å². The Bertz CT molecular complexity index is 656. The van der Waals surface area contributed by atoms with Gasteiger partial charge in [-0.3, -0.25) is 4.90 Å². The van der Waals surface area contributed by atoms with E-state index >= 15 is 0 Å². The number of aliphatic hydroxyl groups excluding tert-OH is 1. The summed E-state index contributed by atoms with van der Waals surface area (Å²) >= 11 is 1.60. The SMILES string of the molecule is CC1=C(CN2CC3CN(c4nncs4)CC3(CO)C2)C(C)(C)CCC1. The number of aliphatic hydroxyl groups is 1. The van der Waals surface area contributed by atoms with Gasteiger partial charge in [-0.05, 0) is 37.5 Å². The van der Waals surface area contributed by atoms with Crippen LogP contribution in [0.25, 0.3) is 0 Å². The number of anilines is 1. The molecule has 1 aromatic heterocycles. The number of nitrogens with zero attached hydrogens (tertiary/aromatic N) is 4. The van der Waals surface area contributed by atoms with Crippen LogP contribution in [0, 0.1) is 16.7 Å². The lowest BCUT2D eigenvalue weighted by molar-refractivity contribution is 0.126. The van der Waals surface area contributed by atoms with E-state index in [0.29, 0.717) is 11.3 Å². The number of fused-ring (bicyclic) bond motifs is 1. The molecule has 5 nitrogen and oxygen atoms in total. The normalized spacial score (nSPS) is 32.5. The molecule has 2 fully saturated rings. The van der Waals surface area contributed by atoms with Crippen LogP contribution in [0.1, 0.15) is 40.0 Å². The Labute approximate surface area is 154 Å². The second kappa shape index (κ2) is 6.32. The first-order chi connectivity index (χ1) is 11.9. The van der Waals surface area contributed by atoms with Gasteiger partial charge in [-0.1, -0.05) is 36.3 Å². The highest BCUT2D eigenvalue weighted by Crippen LogP contribution is 2.46. The van der Waals surface area contributed by atoms with Gasteiger partial charge < -0.3 is 10.0 Å². The van der Waals surface area contributed by atoms with Crippen molar-refractivity contribution in [3.8, 4) is 0 Å². The summed E-state index contributed by atoms with van der Waals surface area (Å²) in [7, 11) is 0. The molecular weight excluding hydrogens is 332 g/mol. The lowest BCUT2D eigenvalue weighted by atomic mass is 9.72. The molecule has 0 aromatic carbocycles. The third kappa shape index (κ3) is 3.02. The van der Waals surface area contributed by atoms with Gasteiger partial charge in [0.05, 0.1) is 6.61 Å². The van der Waals surface area contributed by atoms with Crippen LogP contribution in [0.2, 0.25) is 0 Å². The zero-order chi connectivity index (χ0) is 17.7. The maximum atomic E-state index is 10.2.